The second-order valence-electron chi connectivity index (χ2n) is 6.08. The summed E-state index contributed by atoms with van der Waals surface area (Å²) in [6.45, 7) is 0. The number of rotatable bonds is 2. The highest BCUT2D eigenvalue weighted by molar-refractivity contribution is 6.31. The molecular formula is C16H22ClN. The summed E-state index contributed by atoms with van der Waals surface area (Å²) >= 11 is 6.49. The summed E-state index contributed by atoms with van der Waals surface area (Å²) in [7, 11) is 0. The Kier molecular flexibility index (Phi) is 3.38. The summed E-state index contributed by atoms with van der Waals surface area (Å²) in [5.41, 5.74) is 8.86. The zero-order valence-corrected chi connectivity index (χ0v) is 11.7. The Balaban J connectivity index is 1.84. The van der Waals surface area contributed by atoms with E-state index in [0.29, 0.717) is 5.92 Å². The molecule has 0 heterocycles. The Hall–Kier alpha value is -0.530. The maximum absolute atomic E-state index is 6.49. The highest BCUT2D eigenvalue weighted by Crippen LogP contribution is 2.42. The Morgan fingerprint density at radius 1 is 1.06 bits per heavy atom. The summed E-state index contributed by atoms with van der Waals surface area (Å²) < 4.78 is 0. The molecule has 1 nitrogen and oxygen atoms in total. The van der Waals surface area contributed by atoms with Gasteiger partial charge < -0.3 is 5.73 Å². The molecule has 2 aliphatic rings. The van der Waals surface area contributed by atoms with E-state index in [4.69, 9.17) is 17.3 Å². The summed E-state index contributed by atoms with van der Waals surface area (Å²) in [4.78, 5) is 0. The fraction of sp³-hybridized carbons (Fsp3) is 0.625. The van der Waals surface area contributed by atoms with Crippen LogP contribution in [0.2, 0.25) is 5.02 Å². The summed E-state index contributed by atoms with van der Waals surface area (Å²) in [6, 6.07) is 6.58. The average molecular weight is 264 g/mol. The molecule has 0 aromatic heterocycles. The van der Waals surface area contributed by atoms with Crippen LogP contribution in [0.15, 0.2) is 18.2 Å². The quantitative estimate of drug-likeness (QED) is 0.821. The molecule has 0 radical (unpaired) electrons. The molecule has 2 aliphatic carbocycles. The average Bonchev–Trinajstić information content (AvgIpc) is 2.37. The lowest BCUT2D eigenvalue weighted by Gasteiger charge is -2.39. The molecular weight excluding hydrogens is 242 g/mol. The molecule has 1 aromatic carbocycles. The predicted octanol–water partition coefficient (Wildman–Crippen LogP) is 4.73. The van der Waals surface area contributed by atoms with E-state index in [-0.39, 0.29) is 5.54 Å². The molecule has 0 amide bonds. The van der Waals surface area contributed by atoms with Crippen LogP contribution in [0.4, 0.5) is 0 Å². The molecule has 0 aliphatic heterocycles. The number of hydrogen-bond acceptors (Lipinski definition) is 1. The van der Waals surface area contributed by atoms with Gasteiger partial charge in [0.05, 0.1) is 0 Å². The van der Waals surface area contributed by atoms with Crippen molar-refractivity contribution >= 4 is 11.6 Å². The van der Waals surface area contributed by atoms with Gasteiger partial charge in [0.2, 0.25) is 0 Å². The highest BCUT2D eigenvalue weighted by atomic mass is 35.5. The molecule has 0 spiro atoms. The first kappa shape index (κ1) is 12.5. The van der Waals surface area contributed by atoms with Crippen LogP contribution in [0, 0.1) is 0 Å². The second-order valence-corrected chi connectivity index (χ2v) is 6.49. The number of nitrogens with two attached hydrogens (primary N) is 1. The van der Waals surface area contributed by atoms with Crippen molar-refractivity contribution in [2.75, 3.05) is 0 Å². The van der Waals surface area contributed by atoms with E-state index < -0.39 is 0 Å². The molecule has 0 atom stereocenters. The van der Waals surface area contributed by atoms with Crippen molar-refractivity contribution in [2.24, 2.45) is 5.73 Å². The zero-order valence-electron chi connectivity index (χ0n) is 10.9. The second kappa shape index (κ2) is 4.86. The van der Waals surface area contributed by atoms with E-state index in [1.54, 1.807) is 0 Å². The molecule has 3 rings (SSSR count). The van der Waals surface area contributed by atoms with Gasteiger partial charge in [0.25, 0.3) is 0 Å². The first-order chi connectivity index (χ1) is 8.69. The molecule has 0 saturated heterocycles. The maximum Gasteiger partial charge on any atom is 0.0444 e. The van der Waals surface area contributed by atoms with Gasteiger partial charge in [-0.1, -0.05) is 43.0 Å². The third kappa shape index (κ3) is 2.19. The standard InChI is InChI=1S/C16H22ClN/c17-15-11-13(16(18)9-4-10-16)7-8-14(15)12-5-2-1-3-6-12/h7-8,11-12H,1-6,9-10,18H2. The van der Waals surface area contributed by atoms with E-state index in [1.165, 1.54) is 49.7 Å². The van der Waals surface area contributed by atoms with Crippen molar-refractivity contribution in [3.63, 3.8) is 0 Å². The molecule has 2 saturated carbocycles. The lowest BCUT2D eigenvalue weighted by atomic mass is 9.72. The van der Waals surface area contributed by atoms with Crippen molar-refractivity contribution in [3.8, 4) is 0 Å². The van der Waals surface area contributed by atoms with Crippen molar-refractivity contribution in [3.05, 3.63) is 34.3 Å². The first-order valence-electron chi connectivity index (χ1n) is 7.28. The van der Waals surface area contributed by atoms with Gasteiger partial charge in [-0.05, 0) is 55.2 Å². The minimum atomic E-state index is -0.0886. The molecule has 18 heavy (non-hydrogen) atoms. The molecule has 1 aromatic rings. The monoisotopic (exact) mass is 263 g/mol. The first-order valence-corrected chi connectivity index (χ1v) is 7.66. The lowest BCUT2D eigenvalue weighted by Crippen LogP contribution is -2.43. The van der Waals surface area contributed by atoms with Gasteiger partial charge in [0.1, 0.15) is 0 Å². The van der Waals surface area contributed by atoms with Crippen LogP contribution in [-0.4, -0.2) is 0 Å². The Morgan fingerprint density at radius 3 is 2.33 bits per heavy atom. The number of hydrogen-bond donors (Lipinski definition) is 1. The number of benzene rings is 1. The van der Waals surface area contributed by atoms with E-state index in [2.05, 4.69) is 18.2 Å². The Morgan fingerprint density at radius 2 is 1.78 bits per heavy atom. The highest BCUT2D eigenvalue weighted by Gasteiger charge is 2.34. The molecule has 0 unspecified atom stereocenters. The fourth-order valence-electron chi connectivity index (χ4n) is 3.43. The Labute approximate surface area is 115 Å². The third-order valence-corrected chi connectivity index (χ3v) is 5.19. The predicted molar refractivity (Wildman–Crippen MR) is 77.0 cm³/mol. The molecule has 2 heteroatoms. The van der Waals surface area contributed by atoms with E-state index >= 15 is 0 Å². The molecule has 98 valence electrons. The van der Waals surface area contributed by atoms with Gasteiger partial charge in [-0.3, -0.25) is 0 Å². The molecule has 2 N–H and O–H groups in total. The molecule has 2 fully saturated rings. The smallest absolute Gasteiger partial charge is 0.0444 e. The van der Waals surface area contributed by atoms with Crippen molar-refractivity contribution in [2.45, 2.75) is 62.8 Å². The van der Waals surface area contributed by atoms with Crippen molar-refractivity contribution in [1.82, 2.24) is 0 Å². The normalized spacial score (nSPS) is 23.7. The van der Waals surface area contributed by atoms with E-state index in [0.717, 1.165) is 17.9 Å². The minimum absolute atomic E-state index is 0.0886. The van der Waals surface area contributed by atoms with Gasteiger partial charge in [-0.2, -0.15) is 0 Å². The van der Waals surface area contributed by atoms with E-state index in [1.807, 2.05) is 0 Å². The SMILES string of the molecule is NC1(c2ccc(C3CCCCC3)c(Cl)c2)CCC1. The van der Waals surface area contributed by atoms with Crippen LogP contribution in [-0.2, 0) is 5.54 Å². The van der Waals surface area contributed by atoms with Crippen LogP contribution in [0.3, 0.4) is 0 Å². The number of halogens is 1. The lowest BCUT2D eigenvalue weighted by molar-refractivity contribution is 0.253. The van der Waals surface area contributed by atoms with Gasteiger partial charge in [-0.25, -0.2) is 0 Å². The Bertz CT molecular complexity index is 431. The van der Waals surface area contributed by atoms with Gasteiger partial charge in [0, 0.05) is 10.6 Å². The van der Waals surface area contributed by atoms with Crippen molar-refractivity contribution < 1.29 is 0 Å². The maximum atomic E-state index is 6.49. The zero-order chi connectivity index (χ0) is 12.6. The summed E-state index contributed by atoms with van der Waals surface area (Å²) in [6.07, 6.45) is 10.1. The van der Waals surface area contributed by atoms with E-state index in [9.17, 15) is 0 Å². The van der Waals surface area contributed by atoms with Gasteiger partial charge in [0.15, 0.2) is 0 Å². The summed E-state index contributed by atoms with van der Waals surface area (Å²) in [5, 5.41) is 0.941. The van der Waals surface area contributed by atoms with Crippen LogP contribution in [0.5, 0.6) is 0 Å². The largest absolute Gasteiger partial charge is 0.321 e. The summed E-state index contributed by atoms with van der Waals surface area (Å²) in [5.74, 6) is 0.676. The van der Waals surface area contributed by atoms with Crippen LogP contribution < -0.4 is 5.73 Å². The van der Waals surface area contributed by atoms with Crippen LogP contribution in [0.25, 0.3) is 0 Å². The third-order valence-electron chi connectivity index (χ3n) is 4.87. The van der Waals surface area contributed by atoms with Gasteiger partial charge in [-0.15, -0.1) is 0 Å². The minimum Gasteiger partial charge on any atom is -0.321 e. The van der Waals surface area contributed by atoms with Crippen LogP contribution >= 0.6 is 11.6 Å². The van der Waals surface area contributed by atoms with Crippen molar-refractivity contribution in [1.29, 1.82) is 0 Å². The fourth-order valence-corrected chi connectivity index (χ4v) is 3.76. The molecule has 0 bridgehead atoms. The van der Waals surface area contributed by atoms with Gasteiger partial charge >= 0.3 is 0 Å². The topological polar surface area (TPSA) is 26.0 Å². The van der Waals surface area contributed by atoms with Crippen LogP contribution in [0.1, 0.15) is 68.4 Å².